The maximum Gasteiger partial charge on any atom is 0.147 e. The van der Waals surface area contributed by atoms with Crippen molar-refractivity contribution in [2.75, 3.05) is 18.5 Å². The summed E-state index contributed by atoms with van der Waals surface area (Å²) in [6.07, 6.45) is -0.607. The lowest BCUT2D eigenvalue weighted by molar-refractivity contribution is 0.0112. The maximum atomic E-state index is 13.4. The van der Waals surface area contributed by atoms with Gasteiger partial charge >= 0.3 is 0 Å². The standard InChI is InChI=1S/C12H17ClFNO2/c1-8(2)17-7-10(16)6-15-12-4-3-9(13)5-11(12)14/h3-5,8,10,15-16H,6-7H2,1-2H3. The van der Waals surface area contributed by atoms with Crippen LogP contribution in [0.15, 0.2) is 18.2 Å². The molecule has 0 aliphatic carbocycles. The van der Waals surface area contributed by atoms with Gasteiger partial charge in [-0.2, -0.15) is 0 Å². The van der Waals surface area contributed by atoms with Crippen LogP contribution in [0.5, 0.6) is 0 Å². The molecule has 0 saturated carbocycles. The van der Waals surface area contributed by atoms with Crippen LogP contribution in [0.25, 0.3) is 0 Å². The van der Waals surface area contributed by atoms with Crippen molar-refractivity contribution in [1.29, 1.82) is 0 Å². The Kier molecular flexibility index (Phi) is 5.68. The van der Waals surface area contributed by atoms with Crippen LogP contribution in [0.4, 0.5) is 10.1 Å². The molecule has 1 aromatic rings. The summed E-state index contributed by atoms with van der Waals surface area (Å²) < 4.78 is 18.6. The van der Waals surface area contributed by atoms with Gasteiger partial charge < -0.3 is 15.2 Å². The number of nitrogens with one attached hydrogen (secondary N) is 1. The molecular weight excluding hydrogens is 245 g/mol. The van der Waals surface area contributed by atoms with E-state index in [9.17, 15) is 9.50 Å². The summed E-state index contributed by atoms with van der Waals surface area (Å²) >= 11 is 5.63. The summed E-state index contributed by atoms with van der Waals surface area (Å²) in [5.74, 6) is -0.436. The first-order chi connectivity index (χ1) is 7.99. The Morgan fingerprint density at radius 1 is 1.47 bits per heavy atom. The zero-order chi connectivity index (χ0) is 12.8. The number of aliphatic hydroxyl groups excluding tert-OH is 1. The minimum atomic E-state index is -0.674. The molecule has 3 nitrogen and oxygen atoms in total. The number of anilines is 1. The Bertz CT molecular complexity index is 360. The van der Waals surface area contributed by atoms with Gasteiger partial charge in [0.05, 0.1) is 24.5 Å². The third kappa shape index (κ3) is 5.35. The van der Waals surface area contributed by atoms with Crippen LogP contribution in [-0.2, 0) is 4.74 Å². The van der Waals surface area contributed by atoms with Crippen LogP contribution in [0.1, 0.15) is 13.8 Å². The van der Waals surface area contributed by atoms with Gasteiger partial charge in [-0.1, -0.05) is 11.6 Å². The molecule has 96 valence electrons. The highest BCUT2D eigenvalue weighted by atomic mass is 35.5. The third-order valence-corrected chi connectivity index (χ3v) is 2.32. The Morgan fingerprint density at radius 3 is 2.76 bits per heavy atom. The lowest BCUT2D eigenvalue weighted by Crippen LogP contribution is -2.26. The number of halogens is 2. The maximum absolute atomic E-state index is 13.4. The number of aliphatic hydroxyl groups is 1. The number of hydrogen-bond acceptors (Lipinski definition) is 3. The molecular formula is C12H17ClFNO2. The largest absolute Gasteiger partial charge is 0.389 e. The van der Waals surface area contributed by atoms with E-state index in [1.165, 1.54) is 12.1 Å². The quantitative estimate of drug-likeness (QED) is 0.827. The second kappa shape index (κ2) is 6.79. The Labute approximate surface area is 106 Å². The summed E-state index contributed by atoms with van der Waals surface area (Å²) in [5.41, 5.74) is 0.318. The van der Waals surface area contributed by atoms with E-state index in [4.69, 9.17) is 16.3 Å². The van der Waals surface area contributed by atoms with E-state index in [-0.39, 0.29) is 19.3 Å². The monoisotopic (exact) mass is 261 g/mol. The first kappa shape index (κ1) is 14.2. The molecule has 0 aliphatic rings. The molecule has 17 heavy (non-hydrogen) atoms. The van der Waals surface area contributed by atoms with E-state index in [2.05, 4.69) is 5.32 Å². The van der Waals surface area contributed by atoms with Crippen LogP contribution in [0.2, 0.25) is 5.02 Å². The molecule has 0 bridgehead atoms. The molecule has 1 unspecified atom stereocenters. The highest BCUT2D eigenvalue weighted by molar-refractivity contribution is 6.30. The summed E-state index contributed by atoms with van der Waals surface area (Å²) in [4.78, 5) is 0. The summed E-state index contributed by atoms with van der Waals surface area (Å²) in [5, 5.41) is 12.7. The molecule has 0 saturated heterocycles. The molecule has 0 aliphatic heterocycles. The van der Waals surface area contributed by atoms with Gasteiger partial charge in [0.2, 0.25) is 0 Å². The van der Waals surface area contributed by atoms with Crippen molar-refractivity contribution >= 4 is 17.3 Å². The minimum absolute atomic E-state index is 0.0666. The van der Waals surface area contributed by atoms with Gasteiger partial charge in [0.15, 0.2) is 0 Å². The van der Waals surface area contributed by atoms with Gasteiger partial charge in [0, 0.05) is 11.6 Å². The second-order valence-corrected chi connectivity index (χ2v) is 4.48. The van der Waals surface area contributed by atoms with E-state index in [1.54, 1.807) is 6.07 Å². The first-order valence-electron chi connectivity index (χ1n) is 5.47. The molecule has 2 N–H and O–H groups in total. The van der Waals surface area contributed by atoms with Crippen LogP contribution >= 0.6 is 11.6 Å². The molecule has 1 aromatic carbocycles. The number of ether oxygens (including phenoxy) is 1. The number of benzene rings is 1. The van der Waals surface area contributed by atoms with Gasteiger partial charge in [-0.15, -0.1) is 0 Å². The van der Waals surface area contributed by atoms with Crippen molar-refractivity contribution in [3.63, 3.8) is 0 Å². The van der Waals surface area contributed by atoms with Gasteiger partial charge in [0.1, 0.15) is 5.82 Å². The van der Waals surface area contributed by atoms with Crippen molar-refractivity contribution in [2.45, 2.75) is 26.1 Å². The van der Waals surface area contributed by atoms with Crippen molar-refractivity contribution < 1.29 is 14.2 Å². The van der Waals surface area contributed by atoms with Gasteiger partial charge in [-0.05, 0) is 32.0 Å². The van der Waals surface area contributed by atoms with Crippen molar-refractivity contribution in [3.8, 4) is 0 Å². The first-order valence-corrected chi connectivity index (χ1v) is 5.85. The van der Waals surface area contributed by atoms with E-state index >= 15 is 0 Å². The van der Waals surface area contributed by atoms with Crippen molar-refractivity contribution in [3.05, 3.63) is 29.0 Å². The fourth-order valence-electron chi connectivity index (χ4n) is 1.22. The average Bonchev–Trinajstić information content (AvgIpc) is 2.25. The topological polar surface area (TPSA) is 41.5 Å². The van der Waals surface area contributed by atoms with E-state index in [1.807, 2.05) is 13.8 Å². The zero-order valence-electron chi connectivity index (χ0n) is 9.91. The van der Waals surface area contributed by atoms with Crippen LogP contribution in [0, 0.1) is 5.82 Å². The fraction of sp³-hybridized carbons (Fsp3) is 0.500. The van der Waals surface area contributed by atoms with E-state index in [0.717, 1.165) is 0 Å². The zero-order valence-corrected chi connectivity index (χ0v) is 10.7. The predicted molar refractivity (Wildman–Crippen MR) is 67.0 cm³/mol. The molecule has 0 heterocycles. The summed E-state index contributed by atoms with van der Waals surface area (Å²) in [6.45, 7) is 4.23. The highest BCUT2D eigenvalue weighted by Gasteiger charge is 2.07. The molecule has 0 aromatic heterocycles. The Morgan fingerprint density at radius 2 is 2.18 bits per heavy atom. The Balaban J connectivity index is 2.39. The second-order valence-electron chi connectivity index (χ2n) is 4.04. The van der Waals surface area contributed by atoms with Gasteiger partial charge in [-0.3, -0.25) is 0 Å². The third-order valence-electron chi connectivity index (χ3n) is 2.08. The van der Waals surface area contributed by atoms with Crippen molar-refractivity contribution in [2.24, 2.45) is 0 Å². The molecule has 1 rings (SSSR count). The molecule has 0 radical (unpaired) electrons. The van der Waals surface area contributed by atoms with Gasteiger partial charge in [-0.25, -0.2) is 4.39 Å². The molecule has 5 heteroatoms. The number of hydrogen-bond donors (Lipinski definition) is 2. The fourth-order valence-corrected chi connectivity index (χ4v) is 1.38. The number of rotatable bonds is 6. The minimum Gasteiger partial charge on any atom is -0.389 e. The smallest absolute Gasteiger partial charge is 0.147 e. The van der Waals surface area contributed by atoms with Crippen LogP contribution in [-0.4, -0.2) is 30.5 Å². The average molecular weight is 262 g/mol. The van der Waals surface area contributed by atoms with Crippen molar-refractivity contribution in [1.82, 2.24) is 0 Å². The van der Waals surface area contributed by atoms with Crippen LogP contribution < -0.4 is 5.32 Å². The van der Waals surface area contributed by atoms with Gasteiger partial charge in [0.25, 0.3) is 0 Å². The summed E-state index contributed by atoms with van der Waals surface area (Å²) in [6, 6.07) is 4.35. The molecule has 0 amide bonds. The SMILES string of the molecule is CC(C)OCC(O)CNc1ccc(Cl)cc1F. The lowest BCUT2D eigenvalue weighted by Gasteiger charge is -2.15. The van der Waals surface area contributed by atoms with E-state index in [0.29, 0.717) is 10.7 Å². The van der Waals surface area contributed by atoms with E-state index < -0.39 is 11.9 Å². The van der Waals surface area contributed by atoms with Crippen LogP contribution in [0.3, 0.4) is 0 Å². The normalized spacial score (nSPS) is 12.8. The molecule has 0 spiro atoms. The highest BCUT2D eigenvalue weighted by Crippen LogP contribution is 2.18. The predicted octanol–water partition coefficient (Wildman–Crippen LogP) is 2.68. The lowest BCUT2D eigenvalue weighted by atomic mass is 10.3. The summed E-state index contributed by atoms with van der Waals surface area (Å²) in [7, 11) is 0. The molecule has 0 fully saturated rings. The molecule has 1 atom stereocenters. The Hall–Kier alpha value is -0.840.